The molecule has 19 heavy (non-hydrogen) atoms. The number of hydrogen-bond acceptors (Lipinski definition) is 2. The first kappa shape index (κ1) is 13.6. The van der Waals surface area contributed by atoms with Gasteiger partial charge in [-0.1, -0.05) is 30.3 Å². The highest BCUT2D eigenvalue weighted by atomic mass is 16.1. The van der Waals surface area contributed by atoms with Crippen LogP contribution in [0.3, 0.4) is 0 Å². The zero-order chi connectivity index (χ0) is 13.7. The van der Waals surface area contributed by atoms with Crippen LogP contribution in [0.25, 0.3) is 10.8 Å². The van der Waals surface area contributed by atoms with Crippen LogP contribution in [0.4, 0.5) is 5.69 Å². The Morgan fingerprint density at radius 2 is 1.95 bits per heavy atom. The lowest BCUT2D eigenvalue weighted by molar-refractivity contribution is -0.116. The van der Waals surface area contributed by atoms with E-state index in [1.165, 1.54) is 5.39 Å². The molecule has 2 rings (SSSR count). The second kappa shape index (κ2) is 6.34. The fourth-order valence-corrected chi connectivity index (χ4v) is 2.08. The minimum absolute atomic E-state index is 0.0518. The minimum atomic E-state index is 0.0518. The lowest BCUT2D eigenvalue weighted by atomic mass is 10.1. The maximum atomic E-state index is 11.8. The van der Waals surface area contributed by atoms with Crippen molar-refractivity contribution in [2.24, 2.45) is 5.73 Å². The molecule has 0 heterocycles. The number of nitrogens with two attached hydrogens (primary N) is 1. The van der Waals surface area contributed by atoms with Gasteiger partial charge in [0.15, 0.2) is 0 Å². The molecule has 0 aliphatic rings. The topological polar surface area (TPSA) is 55.1 Å². The lowest BCUT2D eigenvalue weighted by Crippen LogP contribution is -2.16. The maximum absolute atomic E-state index is 11.8. The second-order valence-electron chi connectivity index (χ2n) is 4.98. The van der Waals surface area contributed by atoms with Crippen LogP contribution in [0, 0.1) is 0 Å². The van der Waals surface area contributed by atoms with Gasteiger partial charge in [-0.25, -0.2) is 0 Å². The van der Waals surface area contributed by atoms with E-state index in [0.29, 0.717) is 6.42 Å². The number of carbonyl (C=O) groups is 1. The van der Waals surface area contributed by atoms with Gasteiger partial charge in [-0.3, -0.25) is 4.79 Å². The highest BCUT2D eigenvalue weighted by Crippen LogP contribution is 2.19. The quantitative estimate of drug-likeness (QED) is 0.862. The predicted octanol–water partition coefficient (Wildman–Crippen LogP) is 3.30. The molecule has 0 aromatic heterocycles. The molecule has 0 radical (unpaired) electrons. The van der Waals surface area contributed by atoms with E-state index in [1.54, 1.807) is 0 Å². The van der Waals surface area contributed by atoms with Crippen LogP contribution in [-0.4, -0.2) is 11.9 Å². The Kier molecular flexibility index (Phi) is 4.53. The molecule has 0 aliphatic carbocycles. The van der Waals surface area contributed by atoms with Crippen molar-refractivity contribution in [3.63, 3.8) is 0 Å². The maximum Gasteiger partial charge on any atom is 0.224 e. The molecule has 0 aliphatic heterocycles. The van der Waals surface area contributed by atoms with Gasteiger partial charge in [0.1, 0.15) is 0 Å². The SMILES string of the molecule is CC(N)CCCC(=O)Nc1ccc2ccccc2c1. The second-order valence-corrected chi connectivity index (χ2v) is 4.98. The first-order valence-electron chi connectivity index (χ1n) is 6.69. The Bertz CT molecular complexity index is 563. The monoisotopic (exact) mass is 256 g/mol. The van der Waals surface area contributed by atoms with Crippen molar-refractivity contribution in [1.82, 2.24) is 0 Å². The first-order valence-corrected chi connectivity index (χ1v) is 6.69. The Labute approximate surface area is 113 Å². The molecule has 1 atom stereocenters. The lowest BCUT2D eigenvalue weighted by Gasteiger charge is -2.07. The van der Waals surface area contributed by atoms with Gasteiger partial charge in [-0.15, -0.1) is 0 Å². The molecule has 1 amide bonds. The summed E-state index contributed by atoms with van der Waals surface area (Å²) in [6, 6.07) is 14.2. The third-order valence-corrected chi connectivity index (χ3v) is 3.10. The highest BCUT2D eigenvalue weighted by Gasteiger charge is 2.04. The Hall–Kier alpha value is -1.87. The number of nitrogens with one attached hydrogen (secondary N) is 1. The third kappa shape index (κ3) is 4.07. The van der Waals surface area contributed by atoms with E-state index in [-0.39, 0.29) is 11.9 Å². The molecular formula is C16H20N2O. The molecule has 3 heteroatoms. The van der Waals surface area contributed by atoms with Crippen molar-refractivity contribution in [3.8, 4) is 0 Å². The summed E-state index contributed by atoms with van der Waals surface area (Å²) in [4.78, 5) is 11.8. The van der Waals surface area contributed by atoms with Crippen LogP contribution < -0.4 is 11.1 Å². The van der Waals surface area contributed by atoms with Crippen LogP contribution in [0.15, 0.2) is 42.5 Å². The van der Waals surface area contributed by atoms with E-state index >= 15 is 0 Å². The Morgan fingerprint density at radius 1 is 1.21 bits per heavy atom. The fraction of sp³-hybridized carbons (Fsp3) is 0.312. The van der Waals surface area contributed by atoms with E-state index in [9.17, 15) is 4.79 Å². The van der Waals surface area contributed by atoms with Crippen LogP contribution in [0.5, 0.6) is 0 Å². The van der Waals surface area contributed by atoms with Gasteiger partial charge in [0.2, 0.25) is 5.91 Å². The molecular weight excluding hydrogens is 236 g/mol. The van der Waals surface area contributed by atoms with Crippen molar-refractivity contribution < 1.29 is 4.79 Å². The average Bonchev–Trinajstić information content (AvgIpc) is 2.38. The molecule has 1 unspecified atom stereocenters. The number of benzene rings is 2. The smallest absolute Gasteiger partial charge is 0.224 e. The van der Waals surface area contributed by atoms with Gasteiger partial charge in [0, 0.05) is 18.2 Å². The van der Waals surface area contributed by atoms with E-state index in [4.69, 9.17) is 5.73 Å². The zero-order valence-electron chi connectivity index (χ0n) is 11.2. The summed E-state index contributed by atoms with van der Waals surface area (Å²) in [5.74, 6) is 0.0518. The largest absolute Gasteiger partial charge is 0.328 e. The van der Waals surface area contributed by atoms with Crippen molar-refractivity contribution in [1.29, 1.82) is 0 Å². The van der Waals surface area contributed by atoms with Gasteiger partial charge in [-0.05, 0) is 42.7 Å². The first-order chi connectivity index (χ1) is 9.15. The Morgan fingerprint density at radius 3 is 2.68 bits per heavy atom. The molecule has 2 aromatic carbocycles. The molecule has 0 fully saturated rings. The van der Waals surface area contributed by atoms with Gasteiger partial charge >= 0.3 is 0 Å². The summed E-state index contributed by atoms with van der Waals surface area (Å²) in [5.41, 5.74) is 6.51. The zero-order valence-corrected chi connectivity index (χ0v) is 11.2. The molecule has 0 saturated heterocycles. The van der Waals surface area contributed by atoms with Gasteiger partial charge < -0.3 is 11.1 Å². The van der Waals surface area contributed by atoms with Gasteiger partial charge in [0.05, 0.1) is 0 Å². The van der Waals surface area contributed by atoms with Crippen molar-refractivity contribution >= 4 is 22.4 Å². The van der Waals surface area contributed by atoms with Crippen molar-refractivity contribution in [2.75, 3.05) is 5.32 Å². The van der Waals surface area contributed by atoms with Crippen LogP contribution >= 0.6 is 0 Å². The fourth-order valence-electron chi connectivity index (χ4n) is 2.08. The van der Waals surface area contributed by atoms with Gasteiger partial charge in [-0.2, -0.15) is 0 Å². The normalized spacial score (nSPS) is 12.3. The summed E-state index contributed by atoms with van der Waals surface area (Å²) in [6.45, 7) is 1.96. The summed E-state index contributed by atoms with van der Waals surface area (Å²) < 4.78 is 0. The number of anilines is 1. The van der Waals surface area contributed by atoms with Crippen LogP contribution in [-0.2, 0) is 4.79 Å². The molecule has 3 N–H and O–H groups in total. The van der Waals surface area contributed by atoms with Crippen LogP contribution in [0.1, 0.15) is 26.2 Å². The minimum Gasteiger partial charge on any atom is -0.328 e. The van der Waals surface area contributed by atoms with Crippen molar-refractivity contribution in [3.05, 3.63) is 42.5 Å². The van der Waals surface area contributed by atoms with E-state index in [1.807, 2.05) is 43.3 Å². The molecule has 2 aromatic rings. The highest BCUT2D eigenvalue weighted by molar-refractivity contribution is 5.94. The van der Waals surface area contributed by atoms with E-state index < -0.39 is 0 Å². The van der Waals surface area contributed by atoms with E-state index in [2.05, 4.69) is 11.4 Å². The molecule has 0 bridgehead atoms. The predicted molar refractivity (Wildman–Crippen MR) is 80.1 cm³/mol. The number of amides is 1. The number of rotatable bonds is 5. The van der Waals surface area contributed by atoms with Crippen LogP contribution in [0.2, 0.25) is 0 Å². The number of hydrogen-bond donors (Lipinski definition) is 2. The Balaban J connectivity index is 1.95. The number of carbonyl (C=O) groups excluding carboxylic acids is 1. The summed E-state index contributed by atoms with van der Waals surface area (Å²) in [5, 5.41) is 5.24. The average molecular weight is 256 g/mol. The summed E-state index contributed by atoms with van der Waals surface area (Å²) >= 11 is 0. The molecule has 3 nitrogen and oxygen atoms in total. The molecule has 0 spiro atoms. The summed E-state index contributed by atoms with van der Waals surface area (Å²) in [7, 11) is 0. The standard InChI is InChI=1S/C16H20N2O/c1-12(17)5-4-8-16(19)18-15-10-9-13-6-2-3-7-14(13)11-15/h2-3,6-7,9-12H,4-5,8,17H2,1H3,(H,18,19). The molecule has 100 valence electrons. The third-order valence-electron chi connectivity index (χ3n) is 3.10. The summed E-state index contributed by atoms with van der Waals surface area (Å²) in [6.07, 6.45) is 2.23. The van der Waals surface area contributed by atoms with Gasteiger partial charge in [0.25, 0.3) is 0 Å². The molecule has 0 saturated carbocycles. The number of fused-ring (bicyclic) bond motifs is 1. The van der Waals surface area contributed by atoms with E-state index in [0.717, 1.165) is 23.9 Å². The van der Waals surface area contributed by atoms with Crippen molar-refractivity contribution in [2.45, 2.75) is 32.2 Å².